The quantitative estimate of drug-likeness (QED) is 0.721. The monoisotopic (exact) mass is 317 g/mol. The zero-order valence-corrected chi connectivity index (χ0v) is 13.4. The summed E-state index contributed by atoms with van der Waals surface area (Å²) in [6, 6.07) is 9.10. The Labute approximate surface area is 135 Å². The molecule has 0 aliphatic carbocycles. The highest BCUT2D eigenvalue weighted by Crippen LogP contribution is 2.08. The molecule has 1 atom stereocenters. The lowest BCUT2D eigenvalue weighted by Gasteiger charge is -2.18. The van der Waals surface area contributed by atoms with Crippen LogP contribution in [-0.2, 0) is 6.54 Å². The molecule has 1 heterocycles. The number of aliphatic hydroxyl groups is 1. The van der Waals surface area contributed by atoms with E-state index in [2.05, 4.69) is 20.8 Å². The second kappa shape index (κ2) is 8.28. The maximum atomic E-state index is 11.9. The molecule has 0 saturated heterocycles. The summed E-state index contributed by atoms with van der Waals surface area (Å²) in [5.74, 6) is 1.03. The number of hydrogen-bond donors (Lipinski definition) is 3. The third-order valence-corrected chi connectivity index (χ3v) is 3.37. The maximum absolute atomic E-state index is 11.9. The van der Waals surface area contributed by atoms with Crippen molar-refractivity contribution in [3.8, 4) is 5.69 Å². The SMILES string of the molecule is CC(C)CC(CO)NC(=O)NCc1nncn1-c1ccccc1. The fraction of sp³-hybridized carbons (Fsp3) is 0.438. The number of benzene rings is 1. The van der Waals surface area contributed by atoms with Crippen LogP contribution >= 0.6 is 0 Å². The van der Waals surface area contributed by atoms with Crippen molar-refractivity contribution >= 4 is 6.03 Å². The van der Waals surface area contributed by atoms with Gasteiger partial charge in [-0.15, -0.1) is 10.2 Å². The molecule has 0 saturated carbocycles. The molecular weight excluding hydrogens is 294 g/mol. The topological polar surface area (TPSA) is 92.1 Å². The first-order chi connectivity index (χ1) is 11.1. The zero-order chi connectivity index (χ0) is 16.7. The predicted octanol–water partition coefficient (Wildman–Crippen LogP) is 1.47. The van der Waals surface area contributed by atoms with E-state index in [1.165, 1.54) is 0 Å². The fourth-order valence-electron chi connectivity index (χ4n) is 2.33. The fourth-order valence-corrected chi connectivity index (χ4v) is 2.33. The minimum absolute atomic E-state index is 0.0776. The van der Waals surface area contributed by atoms with Gasteiger partial charge < -0.3 is 15.7 Å². The molecule has 2 amide bonds. The average molecular weight is 317 g/mol. The summed E-state index contributed by atoms with van der Waals surface area (Å²) in [4.78, 5) is 11.9. The predicted molar refractivity (Wildman–Crippen MR) is 87.1 cm³/mol. The molecular formula is C16H23N5O2. The molecule has 1 aromatic heterocycles. The van der Waals surface area contributed by atoms with E-state index in [-0.39, 0.29) is 25.2 Å². The van der Waals surface area contributed by atoms with Crippen LogP contribution in [0.25, 0.3) is 5.69 Å². The first-order valence-electron chi connectivity index (χ1n) is 7.69. The van der Waals surface area contributed by atoms with Crippen molar-refractivity contribution in [1.82, 2.24) is 25.4 Å². The van der Waals surface area contributed by atoms with Gasteiger partial charge in [-0.05, 0) is 24.5 Å². The smallest absolute Gasteiger partial charge is 0.315 e. The number of carbonyl (C=O) groups excluding carboxylic acids is 1. The van der Waals surface area contributed by atoms with E-state index in [0.717, 1.165) is 12.1 Å². The number of hydrogen-bond acceptors (Lipinski definition) is 4. The largest absolute Gasteiger partial charge is 0.394 e. The van der Waals surface area contributed by atoms with Crippen LogP contribution in [0.1, 0.15) is 26.1 Å². The Kier molecular flexibility index (Phi) is 6.10. The number of nitrogens with one attached hydrogen (secondary N) is 2. The highest BCUT2D eigenvalue weighted by Gasteiger charge is 2.14. The lowest BCUT2D eigenvalue weighted by molar-refractivity contribution is 0.206. The van der Waals surface area contributed by atoms with Crippen molar-refractivity contribution in [2.45, 2.75) is 32.9 Å². The zero-order valence-electron chi connectivity index (χ0n) is 13.4. The number of carbonyl (C=O) groups is 1. The summed E-state index contributed by atoms with van der Waals surface area (Å²) in [5, 5.41) is 22.7. The molecule has 1 aromatic carbocycles. The van der Waals surface area contributed by atoms with Gasteiger partial charge in [-0.2, -0.15) is 0 Å². The van der Waals surface area contributed by atoms with E-state index in [9.17, 15) is 9.90 Å². The van der Waals surface area contributed by atoms with Crippen LogP contribution in [0.4, 0.5) is 4.79 Å². The van der Waals surface area contributed by atoms with Gasteiger partial charge in [0.1, 0.15) is 6.33 Å². The Bertz CT molecular complexity index is 612. The van der Waals surface area contributed by atoms with E-state index in [0.29, 0.717) is 11.7 Å². The van der Waals surface area contributed by atoms with Crippen molar-refractivity contribution in [2.24, 2.45) is 5.92 Å². The molecule has 1 unspecified atom stereocenters. The summed E-state index contributed by atoms with van der Waals surface area (Å²) >= 11 is 0. The lowest BCUT2D eigenvalue weighted by Crippen LogP contribution is -2.44. The van der Waals surface area contributed by atoms with Crippen LogP contribution in [0.3, 0.4) is 0 Å². The first kappa shape index (κ1) is 17.0. The van der Waals surface area contributed by atoms with Crippen LogP contribution in [0, 0.1) is 5.92 Å². The van der Waals surface area contributed by atoms with E-state index >= 15 is 0 Å². The molecule has 2 rings (SSSR count). The van der Waals surface area contributed by atoms with Gasteiger partial charge in [0.05, 0.1) is 19.2 Å². The summed E-state index contributed by atoms with van der Waals surface area (Å²) in [6.07, 6.45) is 2.34. The van der Waals surface area contributed by atoms with Crippen LogP contribution in [0.2, 0.25) is 0 Å². The first-order valence-corrected chi connectivity index (χ1v) is 7.69. The van der Waals surface area contributed by atoms with Gasteiger partial charge in [0.25, 0.3) is 0 Å². The van der Waals surface area contributed by atoms with Gasteiger partial charge >= 0.3 is 6.03 Å². The minimum Gasteiger partial charge on any atom is -0.394 e. The van der Waals surface area contributed by atoms with Gasteiger partial charge in [-0.1, -0.05) is 32.0 Å². The summed E-state index contributed by atoms with van der Waals surface area (Å²) in [5.41, 5.74) is 0.933. The van der Waals surface area contributed by atoms with Crippen molar-refractivity contribution in [3.63, 3.8) is 0 Å². The van der Waals surface area contributed by atoms with Crippen LogP contribution in [0.5, 0.6) is 0 Å². The van der Waals surface area contributed by atoms with E-state index in [4.69, 9.17) is 0 Å². The minimum atomic E-state index is -0.327. The summed E-state index contributed by atoms with van der Waals surface area (Å²) in [7, 11) is 0. The molecule has 23 heavy (non-hydrogen) atoms. The Morgan fingerprint density at radius 3 is 2.70 bits per heavy atom. The Balaban J connectivity index is 1.91. The van der Waals surface area contributed by atoms with Gasteiger partial charge in [-0.25, -0.2) is 4.79 Å². The second-order valence-corrected chi connectivity index (χ2v) is 5.79. The Morgan fingerprint density at radius 2 is 2.04 bits per heavy atom. The number of nitrogens with zero attached hydrogens (tertiary/aromatic N) is 3. The van der Waals surface area contributed by atoms with Crippen LogP contribution in [-0.4, -0.2) is 38.6 Å². The Hall–Kier alpha value is -2.41. The van der Waals surface area contributed by atoms with Crippen LogP contribution < -0.4 is 10.6 Å². The van der Waals surface area contributed by atoms with Crippen molar-refractivity contribution in [1.29, 1.82) is 0 Å². The number of urea groups is 1. The molecule has 7 heteroatoms. The standard InChI is InChI=1S/C16H23N5O2/c1-12(2)8-13(10-22)19-16(23)17-9-15-20-18-11-21(15)14-6-4-3-5-7-14/h3-7,11-13,22H,8-10H2,1-2H3,(H2,17,19,23). The lowest BCUT2D eigenvalue weighted by atomic mass is 10.0. The molecule has 0 bridgehead atoms. The van der Waals surface area contributed by atoms with Crippen molar-refractivity contribution in [2.75, 3.05) is 6.61 Å². The van der Waals surface area contributed by atoms with E-state index < -0.39 is 0 Å². The number of para-hydroxylation sites is 1. The molecule has 124 valence electrons. The molecule has 3 N–H and O–H groups in total. The molecule has 0 spiro atoms. The van der Waals surface area contributed by atoms with Gasteiger partial charge in [0.15, 0.2) is 5.82 Å². The molecule has 0 aliphatic heterocycles. The number of amides is 2. The molecule has 2 aromatic rings. The Morgan fingerprint density at radius 1 is 1.30 bits per heavy atom. The maximum Gasteiger partial charge on any atom is 0.315 e. The van der Waals surface area contributed by atoms with Crippen molar-refractivity contribution in [3.05, 3.63) is 42.5 Å². The van der Waals surface area contributed by atoms with Crippen molar-refractivity contribution < 1.29 is 9.90 Å². The van der Waals surface area contributed by atoms with Gasteiger partial charge in [-0.3, -0.25) is 4.57 Å². The highest BCUT2D eigenvalue weighted by atomic mass is 16.3. The van der Waals surface area contributed by atoms with Crippen LogP contribution in [0.15, 0.2) is 36.7 Å². The molecule has 7 nitrogen and oxygen atoms in total. The summed E-state index contributed by atoms with van der Waals surface area (Å²) < 4.78 is 1.82. The molecule has 0 fully saturated rings. The third-order valence-electron chi connectivity index (χ3n) is 3.37. The van der Waals surface area contributed by atoms with E-state index in [1.807, 2.05) is 48.7 Å². The van der Waals surface area contributed by atoms with Gasteiger partial charge in [0.2, 0.25) is 0 Å². The summed E-state index contributed by atoms with van der Waals surface area (Å²) in [6.45, 7) is 4.27. The highest BCUT2D eigenvalue weighted by molar-refractivity contribution is 5.74. The molecule has 0 radical (unpaired) electrons. The second-order valence-electron chi connectivity index (χ2n) is 5.79. The van der Waals surface area contributed by atoms with E-state index in [1.54, 1.807) is 6.33 Å². The van der Waals surface area contributed by atoms with Gasteiger partial charge in [0, 0.05) is 5.69 Å². The number of rotatable bonds is 7. The normalized spacial score (nSPS) is 12.2. The number of aromatic nitrogens is 3. The molecule has 0 aliphatic rings. The third kappa shape index (κ3) is 5.07. The average Bonchev–Trinajstić information content (AvgIpc) is 3.01. The number of aliphatic hydroxyl groups excluding tert-OH is 1.